The van der Waals surface area contributed by atoms with Crippen molar-refractivity contribution < 1.29 is 19.5 Å². The van der Waals surface area contributed by atoms with Gasteiger partial charge >= 0.3 is 0 Å². The van der Waals surface area contributed by atoms with Gasteiger partial charge in [0.25, 0.3) is 0 Å². The molecule has 1 saturated heterocycles. The Morgan fingerprint density at radius 2 is 1.50 bits per heavy atom. The standard InChI is InChI=1S/C4H8N.Zn/c1-2-4-5-3-1;/h1-4H2;/q-1;. The first kappa shape index (κ1) is 6.58. The van der Waals surface area contributed by atoms with Crippen LogP contribution in [0.2, 0.25) is 0 Å². The molecule has 0 N–H and O–H groups in total. The second-order valence-electron chi connectivity index (χ2n) is 1.38. The first-order valence-electron chi connectivity index (χ1n) is 2.13. The Hall–Kier alpha value is 0.583. The number of hydrogen-bond donors (Lipinski definition) is 0. The van der Waals surface area contributed by atoms with Crippen LogP contribution in [0.4, 0.5) is 0 Å². The van der Waals surface area contributed by atoms with Gasteiger partial charge in [-0.25, -0.2) is 0 Å². The Kier molecular flexibility index (Phi) is 4.13. The molecule has 0 radical (unpaired) electrons. The van der Waals surface area contributed by atoms with Gasteiger partial charge in [-0.15, -0.1) is 13.1 Å². The first-order valence-corrected chi connectivity index (χ1v) is 2.13. The summed E-state index contributed by atoms with van der Waals surface area (Å²) in [6.45, 7) is 2.25. The molecule has 2 heteroatoms. The zero-order valence-corrected chi connectivity index (χ0v) is 6.95. The molecule has 0 aromatic carbocycles. The normalized spacial score (nSPS) is 20.0. The average molecular weight is 136 g/mol. The summed E-state index contributed by atoms with van der Waals surface area (Å²) in [5, 5.41) is 4.08. The molecule has 1 aliphatic heterocycles. The second kappa shape index (κ2) is 3.76. The molecular weight excluding hydrogens is 127 g/mol. The zero-order chi connectivity index (χ0) is 3.54. The van der Waals surface area contributed by atoms with E-state index in [-0.39, 0.29) is 19.5 Å². The predicted octanol–water partition coefficient (Wildman–Crippen LogP) is 1.15. The summed E-state index contributed by atoms with van der Waals surface area (Å²) in [6, 6.07) is 0. The minimum absolute atomic E-state index is 0. The Bertz CT molecular complexity index is 19.1. The molecule has 1 nitrogen and oxygen atoms in total. The molecular formula is C4H8NZn-. The summed E-state index contributed by atoms with van der Waals surface area (Å²) >= 11 is 0. The number of hydrogen-bond acceptors (Lipinski definition) is 0. The van der Waals surface area contributed by atoms with Crippen molar-refractivity contribution in [1.29, 1.82) is 0 Å². The van der Waals surface area contributed by atoms with E-state index in [1.165, 1.54) is 12.8 Å². The zero-order valence-electron chi connectivity index (χ0n) is 3.98. The molecule has 0 unspecified atom stereocenters. The largest absolute Gasteiger partial charge is 0.662 e. The first-order chi connectivity index (χ1) is 2.50. The Balaban J connectivity index is 0.000000250. The maximum Gasteiger partial charge on any atom is 0 e. The van der Waals surface area contributed by atoms with E-state index in [0.717, 1.165) is 13.1 Å². The van der Waals surface area contributed by atoms with E-state index in [0.29, 0.717) is 0 Å². The Morgan fingerprint density at radius 3 is 1.67 bits per heavy atom. The summed E-state index contributed by atoms with van der Waals surface area (Å²) in [5.74, 6) is 0. The van der Waals surface area contributed by atoms with Gasteiger partial charge in [-0.3, -0.25) is 0 Å². The number of nitrogens with zero attached hydrogens (tertiary/aromatic N) is 1. The van der Waals surface area contributed by atoms with Crippen molar-refractivity contribution in [2.75, 3.05) is 13.1 Å². The van der Waals surface area contributed by atoms with Crippen molar-refractivity contribution in [3.8, 4) is 0 Å². The summed E-state index contributed by atoms with van der Waals surface area (Å²) in [5.41, 5.74) is 0. The van der Waals surface area contributed by atoms with Crippen LogP contribution >= 0.6 is 0 Å². The quantitative estimate of drug-likeness (QED) is 0.443. The summed E-state index contributed by atoms with van der Waals surface area (Å²) < 4.78 is 0. The Morgan fingerprint density at radius 1 is 1.00 bits per heavy atom. The molecule has 6 heavy (non-hydrogen) atoms. The summed E-state index contributed by atoms with van der Waals surface area (Å²) in [6.07, 6.45) is 2.67. The van der Waals surface area contributed by atoms with Crippen LogP contribution in [0.3, 0.4) is 0 Å². The molecule has 0 spiro atoms. The molecule has 1 heterocycles. The van der Waals surface area contributed by atoms with Gasteiger partial charge in [0.05, 0.1) is 0 Å². The van der Waals surface area contributed by atoms with Crippen molar-refractivity contribution in [1.82, 2.24) is 0 Å². The molecule has 1 rings (SSSR count). The van der Waals surface area contributed by atoms with Crippen molar-refractivity contribution >= 4 is 0 Å². The van der Waals surface area contributed by atoms with Crippen molar-refractivity contribution in [2.24, 2.45) is 0 Å². The van der Waals surface area contributed by atoms with Gasteiger partial charge in [-0.2, -0.15) is 0 Å². The third-order valence-electron chi connectivity index (χ3n) is 0.882. The average Bonchev–Trinajstić information content (AvgIpc) is 1.76. The minimum atomic E-state index is 0. The van der Waals surface area contributed by atoms with Crippen molar-refractivity contribution in [2.45, 2.75) is 12.8 Å². The van der Waals surface area contributed by atoms with Crippen molar-refractivity contribution in [3.05, 3.63) is 5.32 Å². The third kappa shape index (κ3) is 1.89. The monoisotopic (exact) mass is 134 g/mol. The molecule has 0 saturated carbocycles. The minimum Gasteiger partial charge on any atom is -0.662 e. The molecule has 0 aromatic heterocycles. The van der Waals surface area contributed by atoms with Crippen LogP contribution in [0.25, 0.3) is 5.32 Å². The van der Waals surface area contributed by atoms with E-state index >= 15 is 0 Å². The fourth-order valence-corrected chi connectivity index (χ4v) is 0.559. The molecule has 1 fully saturated rings. The van der Waals surface area contributed by atoms with Crippen LogP contribution in [-0.4, -0.2) is 13.1 Å². The van der Waals surface area contributed by atoms with Crippen LogP contribution < -0.4 is 0 Å². The Labute approximate surface area is 51.3 Å². The van der Waals surface area contributed by atoms with Crippen molar-refractivity contribution in [3.63, 3.8) is 0 Å². The molecule has 0 bridgehead atoms. The van der Waals surface area contributed by atoms with E-state index in [1.807, 2.05) is 0 Å². The van der Waals surface area contributed by atoms with Gasteiger partial charge in [0.2, 0.25) is 0 Å². The van der Waals surface area contributed by atoms with E-state index in [1.54, 1.807) is 0 Å². The van der Waals surface area contributed by atoms with Gasteiger partial charge in [-0.05, 0) is 0 Å². The van der Waals surface area contributed by atoms with Gasteiger partial charge in [0.15, 0.2) is 0 Å². The third-order valence-corrected chi connectivity index (χ3v) is 0.882. The topological polar surface area (TPSA) is 14.1 Å². The smallest absolute Gasteiger partial charge is 0 e. The SMILES string of the molecule is C1CC[N-]C1.[Zn]. The van der Waals surface area contributed by atoms with Gasteiger partial charge in [0, 0.05) is 19.5 Å². The van der Waals surface area contributed by atoms with E-state index in [2.05, 4.69) is 5.32 Å². The fraction of sp³-hybridized carbons (Fsp3) is 1.00. The summed E-state index contributed by atoms with van der Waals surface area (Å²) in [4.78, 5) is 0. The second-order valence-corrected chi connectivity index (χ2v) is 1.38. The van der Waals surface area contributed by atoms with Crippen LogP contribution in [0.5, 0.6) is 0 Å². The molecule has 0 aromatic rings. The van der Waals surface area contributed by atoms with Crippen LogP contribution in [-0.2, 0) is 19.5 Å². The predicted molar refractivity (Wildman–Crippen MR) is 22.3 cm³/mol. The molecule has 0 atom stereocenters. The van der Waals surface area contributed by atoms with Gasteiger partial charge in [-0.1, -0.05) is 12.8 Å². The molecule has 32 valence electrons. The summed E-state index contributed by atoms with van der Waals surface area (Å²) in [7, 11) is 0. The van der Waals surface area contributed by atoms with E-state index in [9.17, 15) is 0 Å². The van der Waals surface area contributed by atoms with E-state index < -0.39 is 0 Å². The van der Waals surface area contributed by atoms with Crippen LogP contribution in [0.15, 0.2) is 0 Å². The molecule has 0 aliphatic carbocycles. The van der Waals surface area contributed by atoms with Gasteiger partial charge in [0.1, 0.15) is 0 Å². The van der Waals surface area contributed by atoms with Gasteiger partial charge < -0.3 is 5.32 Å². The van der Waals surface area contributed by atoms with Crippen LogP contribution in [0.1, 0.15) is 12.8 Å². The maximum atomic E-state index is 4.08. The maximum absolute atomic E-state index is 4.08. The number of rotatable bonds is 0. The fourth-order valence-electron chi connectivity index (χ4n) is 0.559. The van der Waals surface area contributed by atoms with Crippen LogP contribution in [0, 0.1) is 0 Å². The molecule has 0 amide bonds. The molecule has 1 aliphatic rings. The van der Waals surface area contributed by atoms with E-state index in [4.69, 9.17) is 0 Å².